The molecule has 1 rings (SSSR count). The number of β-amino-alcohol motifs (C(OH)–C–C–N with tert-alkyl or cyclic N) is 1. The highest BCUT2D eigenvalue weighted by atomic mass is 16.3. The standard InChI is InChI=1S/C15H31N3O2/c1-5-11(3)14(16)15(20)18-8-7-17(9-12(4)19)13(6-2)10-18/h11-14,19H,5-10,16H2,1-4H3. The van der Waals surface area contributed by atoms with Gasteiger partial charge >= 0.3 is 0 Å². The summed E-state index contributed by atoms with van der Waals surface area (Å²) in [6, 6.07) is -0.0627. The molecule has 0 aromatic heterocycles. The van der Waals surface area contributed by atoms with E-state index in [1.807, 2.05) is 18.7 Å². The van der Waals surface area contributed by atoms with Gasteiger partial charge < -0.3 is 15.7 Å². The van der Waals surface area contributed by atoms with Crippen molar-refractivity contribution in [3.63, 3.8) is 0 Å². The molecule has 0 aromatic carbocycles. The molecule has 1 fully saturated rings. The molecule has 0 radical (unpaired) electrons. The molecule has 0 spiro atoms. The van der Waals surface area contributed by atoms with Gasteiger partial charge in [0, 0.05) is 32.2 Å². The first-order valence-electron chi connectivity index (χ1n) is 7.87. The summed E-state index contributed by atoms with van der Waals surface area (Å²) in [5.41, 5.74) is 6.06. The Morgan fingerprint density at radius 2 is 2.00 bits per heavy atom. The van der Waals surface area contributed by atoms with E-state index in [-0.39, 0.29) is 24.0 Å². The molecular formula is C15H31N3O2. The third-order valence-electron chi connectivity index (χ3n) is 4.43. The molecule has 0 bridgehead atoms. The fraction of sp³-hybridized carbons (Fsp3) is 0.933. The first kappa shape index (κ1) is 17.4. The van der Waals surface area contributed by atoms with Crippen LogP contribution in [0.1, 0.15) is 40.5 Å². The molecule has 1 heterocycles. The number of carbonyl (C=O) groups is 1. The van der Waals surface area contributed by atoms with Crippen molar-refractivity contribution >= 4 is 5.91 Å². The molecular weight excluding hydrogens is 254 g/mol. The van der Waals surface area contributed by atoms with E-state index in [0.717, 1.165) is 25.9 Å². The van der Waals surface area contributed by atoms with E-state index >= 15 is 0 Å². The number of aliphatic hydroxyl groups is 1. The Kier molecular flexibility index (Phi) is 6.92. The number of carbonyl (C=O) groups excluding carboxylic acids is 1. The second-order valence-corrected chi connectivity index (χ2v) is 6.10. The fourth-order valence-corrected chi connectivity index (χ4v) is 2.77. The van der Waals surface area contributed by atoms with Crippen molar-refractivity contribution in [3.8, 4) is 0 Å². The zero-order valence-corrected chi connectivity index (χ0v) is 13.4. The smallest absolute Gasteiger partial charge is 0.239 e. The maximum Gasteiger partial charge on any atom is 0.239 e. The summed E-state index contributed by atoms with van der Waals surface area (Å²) in [4.78, 5) is 16.6. The lowest BCUT2D eigenvalue weighted by Gasteiger charge is -2.42. The highest BCUT2D eigenvalue weighted by Gasteiger charge is 2.32. The zero-order chi connectivity index (χ0) is 15.3. The van der Waals surface area contributed by atoms with Crippen LogP contribution in [-0.2, 0) is 4.79 Å². The van der Waals surface area contributed by atoms with Crippen LogP contribution in [0.15, 0.2) is 0 Å². The lowest BCUT2D eigenvalue weighted by molar-refractivity contribution is -0.137. The number of nitrogens with zero attached hydrogens (tertiary/aromatic N) is 2. The van der Waals surface area contributed by atoms with Gasteiger partial charge in [-0.15, -0.1) is 0 Å². The van der Waals surface area contributed by atoms with Gasteiger partial charge in [-0.1, -0.05) is 27.2 Å². The predicted octanol–water partition coefficient (Wildman–Crippen LogP) is 0.663. The highest BCUT2D eigenvalue weighted by Crippen LogP contribution is 2.16. The second kappa shape index (κ2) is 7.96. The van der Waals surface area contributed by atoms with E-state index in [1.54, 1.807) is 0 Å². The molecule has 5 nitrogen and oxygen atoms in total. The van der Waals surface area contributed by atoms with Crippen LogP contribution in [-0.4, -0.2) is 65.2 Å². The van der Waals surface area contributed by atoms with Crippen LogP contribution >= 0.6 is 0 Å². The van der Waals surface area contributed by atoms with Gasteiger partial charge in [0.2, 0.25) is 5.91 Å². The van der Waals surface area contributed by atoms with E-state index in [4.69, 9.17) is 5.73 Å². The molecule has 5 heteroatoms. The normalized spacial score (nSPS) is 25.3. The average molecular weight is 285 g/mol. The van der Waals surface area contributed by atoms with E-state index in [9.17, 15) is 9.90 Å². The second-order valence-electron chi connectivity index (χ2n) is 6.10. The predicted molar refractivity (Wildman–Crippen MR) is 81.3 cm³/mol. The molecule has 1 aliphatic heterocycles. The third-order valence-corrected chi connectivity index (χ3v) is 4.43. The molecule has 4 atom stereocenters. The van der Waals surface area contributed by atoms with Crippen molar-refractivity contribution in [3.05, 3.63) is 0 Å². The minimum absolute atomic E-state index is 0.0782. The van der Waals surface area contributed by atoms with Crippen LogP contribution in [0.4, 0.5) is 0 Å². The average Bonchev–Trinajstić information content (AvgIpc) is 2.44. The maximum atomic E-state index is 12.4. The number of aliphatic hydroxyl groups excluding tert-OH is 1. The van der Waals surface area contributed by atoms with Crippen LogP contribution in [0.2, 0.25) is 0 Å². The van der Waals surface area contributed by atoms with Gasteiger partial charge in [-0.3, -0.25) is 9.69 Å². The Bertz CT molecular complexity index is 309. The van der Waals surface area contributed by atoms with E-state index in [1.165, 1.54) is 0 Å². The van der Waals surface area contributed by atoms with Gasteiger partial charge in [0.1, 0.15) is 0 Å². The number of hydrogen-bond acceptors (Lipinski definition) is 4. The van der Waals surface area contributed by atoms with Crippen LogP contribution in [0.3, 0.4) is 0 Å². The van der Waals surface area contributed by atoms with Crippen molar-refractivity contribution in [2.75, 3.05) is 26.2 Å². The van der Waals surface area contributed by atoms with Crippen molar-refractivity contribution in [1.82, 2.24) is 9.80 Å². The molecule has 20 heavy (non-hydrogen) atoms. The van der Waals surface area contributed by atoms with E-state index in [2.05, 4.69) is 18.7 Å². The topological polar surface area (TPSA) is 69.8 Å². The molecule has 0 aliphatic carbocycles. The summed E-state index contributed by atoms with van der Waals surface area (Å²) in [5, 5.41) is 9.54. The van der Waals surface area contributed by atoms with Gasteiger partial charge in [-0.25, -0.2) is 0 Å². The van der Waals surface area contributed by atoms with Gasteiger partial charge in [-0.05, 0) is 19.3 Å². The highest BCUT2D eigenvalue weighted by molar-refractivity contribution is 5.82. The van der Waals surface area contributed by atoms with Gasteiger partial charge in [0.25, 0.3) is 0 Å². The monoisotopic (exact) mass is 285 g/mol. The van der Waals surface area contributed by atoms with Crippen LogP contribution in [0.25, 0.3) is 0 Å². The number of nitrogens with two attached hydrogens (primary N) is 1. The van der Waals surface area contributed by atoms with Gasteiger partial charge in [0.05, 0.1) is 12.1 Å². The quantitative estimate of drug-likeness (QED) is 0.752. The summed E-state index contributed by atoms with van der Waals surface area (Å²) in [6.07, 6.45) is 1.58. The number of hydrogen-bond donors (Lipinski definition) is 2. The number of amides is 1. The largest absolute Gasteiger partial charge is 0.392 e. The van der Waals surface area contributed by atoms with Crippen molar-refractivity contribution in [2.45, 2.75) is 58.7 Å². The Morgan fingerprint density at radius 3 is 2.50 bits per heavy atom. The molecule has 1 saturated heterocycles. The zero-order valence-electron chi connectivity index (χ0n) is 13.4. The summed E-state index contributed by atoms with van der Waals surface area (Å²) in [6.45, 7) is 11.0. The minimum Gasteiger partial charge on any atom is -0.392 e. The summed E-state index contributed by atoms with van der Waals surface area (Å²) in [5.74, 6) is 0.299. The number of rotatable bonds is 6. The van der Waals surface area contributed by atoms with Crippen LogP contribution in [0, 0.1) is 5.92 Å². The Balaban J connectivity index is 2.61. The fourth-order valence-electron chi connectivity index (χ4n) is 2.77. The Hall–Kier alpha value is -0.650. The van der Waals surface area contributed by atoms with E-state index in [0.29, 0.717) is 19.1 Å². The third kappa shape index (κ3) is 4.43. The van der Waals surface area contributed by atoms with Gasteiger partial charge in [-0.2, -0.15) is 0 Å². The first-order valence-corrected chi connectivity index (χ1v) is 7.87. The lowest BCUT2D eigenvalue weighted by atomic mass is 9.98. The maximum absolute atomic E-state index is 12.4. The Labute approximate surface area is 123 Å². The van der Waals surface area contributed by atoms with Crippen LogP contribution in [0.5, 0.6) is 0 Å². The van der Waals surface area contributed by atoms with Gasteiger partial charge in [0.15, 0.2) is 0 Å². The lowest BCUT2D eigenvalue weighted by Crippen LogP contribution is -2.59. The molecule has 0 aromatic rings. The summed E-state index contributed by atoms with van der Waals surface area (Å²) >= 11 is 0. The molecule has 118 valence electrons. The Morgan fingerprint density at radius 1 is 1.35 bits per heavy atom. The first-order chi connectivity index (χ1) is 9.40. The van der Waals surface area contributed by atoms with Crippen LogP contribution < -0.4 is 5.73 Å². The van der Waals surface area contributed by atoms with Crippen molar-refractivity contribution < 1.29 is 9.90 Å². The van der Waals surface area contributed by atoms with Crippen molar-refractivity contribution in [1.29, 1.82) is 0 Å². The molecule has 1 aliphatic rings. The molecule has 0 saturated carbocycles. The van der Waals surface area contributed by atoms with E-state index < -0.39 is 0 Å². The SMILES string of the molecule is CCC(C)C(N)C(=O)N1CCN(CC(C)O)C(CC)C1. The number of piperazine rings is 1. The molecule has 3 N–H and O–H groups in total. The summed E-state index contributed by atoms with van der Waals surface area (Å²) < 4.78 is 0. The minimum atomic E-state index is -0.388. The molecule has 1 amide bonds. The van der Waals surface area contributed by atoms with Crippen molar-refractivity contribution in [2.24, 2.45) is 11.7 Å². The molecule has 4 unspecified atom stereocenters. The summed E-state index contributed by atoms with van der Waals surface area (Å²) in [7, 11) is 0.